The van der Waals surface area contributed by atoms with Gasteiger partial charge in [-0.1, -0.05) is 19.1 Å². The van der Waals surface area contributed by atoms with Crippen molar-refractivity contribution in [2.24, 2.45) is 0 Å². The number of rotatable bonds is 6. The highest BCUT2D eigenvalue weighted by molar-refractivity contribution is 9.11. The zero-order valence-corrected chi connectivity index (χ0v) is 14.4. The van der Waals surface area contributed by atoms with E-state index in [1.165, 1.54) is 29.5 Å². The molecule has 2 rings (SSSR count). The maximum atomic E-state index is 13.6. The fourth-order valence-electron chi connectivity index (χ4n) is 1.66. The highest BCUT2D eigenvalue weighted by atomic mass is 79.9. The summed E-state index contributed by atoms with van der Waals surface area (Å²) in [7, 11) is -3.82. The molecule has 0 amide bonds. The maximum absolute atomic E-state index is 13.6. The fraction of sp³-hybridized carbons (Fsp3) is 0.231. The Morgan fingerprint density at radius 1 is 1.33 bits per heavy atom. The molecule has 0 spiro atoms. The van der Waals surface area contributed by atoms with Crippen LogP contribution in [0.15, 0.2) is 39.0 Å². The molecular formula is C13H14BrFN2O2S2. The Bertz CT molecular complexity index is 732. The molecule has 1 aromatic carbocycles. The van der Waals surface area contributed by atoms with Crippen molar-refractivity contribution in [3.8, 4) is 0 Å². The molecule has 1 aromatic heterocycles. The van der Waals surface area contributed by atoms with Crippen LogP contribution in [0.2, 0.25) is 0 Å². The molecule has 114 valence electrons. The van der Waals surface area contributed by atoms with Gasteiger partial charge < -0.3 is 5.32 Å². The van der Waals surface area contributed by atoms with Crippen molar-refractivity contribution in [2.75, 3.05) is 11.3 Å². The summed E-state index contributed by atoms with van der Waals surface area (Å²) in [6, 6.07) is 7.24. The first-order chi connectivity index (χ1) is 9.94. The van der Waals surface area contributed by atoms with Gasteiger partial charge in [0.1, 0.15) is 10.7 Å². The number of hydrogen-bond donors (Lipinski definition) is 2. The molecule has 0 radical (unpaired) electrons. The summed E-state index contributed by atoms with van der Waals surface area (Å²) in [5, 5.41) is 3.13. The van der Waals surface area contributed by atoms with E-state index in [4.69, 9.17) is 0 Å². The van der Waals surface area contributed by atoms with Gasteiger partial charge in [0.15, 0.2) is 0 Å². The predicted molar refractivity (Wildman–Crippen MR) is 86.6 cm³/mol. The quantitative estimate of drug-likeness (QED) is 0.789. The van der Waals surface area contributed by atoms with E-state index in [1.807, 2.05) is 6.92 Å². The van der Waals surface area contributed by atoms with Gasteiger partial charge in [0.25, 0.3) is 10.0 Å². The summed E-state index contributed by atoms with van der Waals surface area (Å²) < 4.78 is 41.0. The van der Waals surface area contributed by atoms with Gasteiger partial charge in [0.05, 0.1) is 9.47 Å². The molecule has 0 atom stereocenters. The SMILES string of the molecule is CCNCc1cc(S(=O)(=O)Nc2ccccc2F)c(Br)s1. The van der Waals surface area contributed by atoms with Crippen LogP contribution in [0.4, 0.5) is 10.1 Å². The van der Waals surface area contributed by atoms with Gasteiger partial charge in [-0.05, 0) is 40.7 Å². The Hall–Kier alpha value is -0.960. The summed E-state index contributed by atoms with van der Waals surface area (Å²) in [5.74, 6) is -0.611. The van der Waals surface area contributed by atoms with Gasteiger partial charge >= 0.3 is 0 Å². The van der Waals surface area contributed by atoms with Crippen LogP contribution < -0.4 is 10.0 Å². The number of para-hydroxylation sites is 1. The second kappa shape index (κ2) is 6.87. The number of hydrogen-bond acceptors (Lipinski definition) is 4. The summed E-state index contributed by atoms with van der Waals surface area (Å²) >= 11 is 4.59. The average molecular weight is 393 g/mol. The highest BCUT2D eigenvalue weighted by Crippen LogP contribution is 2.33. The first-order valence-electron chi connectivity index (χ1n) is 6.20. The lowest BCUT2D eigenvalue weighted by Gasteiger charge is -2.07. The number of thiophene rings is 1. The van der Waals surface area contributed by atoms with Crippen molar-refractivity contribution >= 4 is 43.0 Å². The van der Waals surface area contributed by atoms with Gasteiger partial charge in [-0.2, -0.15) is 0 Å². The standard InChI is InChI=1S/C13H14BrFN2O2S2/c1-2-16-8-9-7-12(13(14)20-9)21(18,19)17-11-6-4-3-5-10(11)15/h3-7,16-17H,2,8H2,1H3. The monoisotopic (exact) mass is 392 g/mol. The molecule has 0 unspecified atom stereocenters. The summed E-state index contributed by atoms with van der Waals surface area (Å²) in [6.07, 6.45) is 0. The molecule has 1 heterocycles. The van der Waals surface area contributed by atoms with Crippen molar-refractivity contribution in [3.05, 3.63) is 44.8 Å². The molecule has 0 aliphatic rings. The minimum Gasteiger partial charge on any atom is -0.312 e. The van der Waals surface area contributed by atoms with Crippen molar-refractivity contribution in [3.63, 3.8) is 0 Å². The van der Waals surface area contributed by atoms with E-state index in [0.29, 0.717) is 10.3 Å². The van der Waals surface area contributed by atoms with Crippen LogP contribution in [0.5, 0.6) is 0 Å². The summed E-state index contributed by atoms with van der Waals surface area (Å²) in [5.41, 5.74) is -0.0659. The Balaban J connectivity index is 2.27. The Labute approximate surface area is 135 Å². The molecule has 2 N–H and O–H groups in total. The van der Waals surface area contributed by atoms with Crippen LogP contribution in [0.3, 0.4) is 0 Å². The fourth-order valence-corrected chi connectivity index (χ4v) is 5.38. The zero-order valence-electron chi connectivity index (χ0n) is 11.2. The molecule has 0 bridgehead atoms. The highest BCUT2D eigenvalue weighted by Gasteiger charge is 2.22. The minimum absolute atomic E-state index is 0.0659. The van der Waals surface area contributed by atoms with Crippen LogP contribution in [0, 0.1) is 5.82 Å². The lowest BCUT2D eigenvalue weighted by Crippen LogP contribution is -2.14. The van der Waals surface area contributed by atoms with E-state index in [1.54, 1.807) is 12.1 Å². The molecule has 4 nitrogen and oxygen atoms in total. The maximum Gasteiger partial charge on any atom is 0.263 e. The number of sulfonamides is 1. The van der Waals surface area contributed by atoms with E-state index < -0.39 is 15.8 Å². The topological polar surface area (TPSA) is 58.2 Å². The zero-order chi connectivity index (χ0) is 15.5. The van der Waals surface area contributed by atoms with E-state index in [2.05, 4.69) is 26.0 Å². The second-order valence-corrected chi connectivity index (χ2v) is 8.32. The molecule has 0 saturated heterocycles. The third kappa shape index (κ3) is 4.03. The molecular weight excluding hydrogens is 379 g/mol. The summed E-state index contributed by atoms with van der Waals surface area (Å²) in [4.78, 5) is 1.00. The van der Waals surface area contributed by atoms with E-state index in [-0.39, 0.29) is 10.6 Å². The average Bonchev–Trinajstić information content (AvgIpc) is 2.81. The van der Waals surface area contributed by atoms with Crippen LogP contribution in [0.1, 0.15) is 11.8 Å². The lowest BCUT2D eigenvalue weighted by molar-refractivity contribution is 0.598. The molecule has 2 aromatic rings. The van der Waals surface area contributed by atoms with Crippen molar-refractivity contribution in [2.45, 2.75) is 18.4 Å². The predicted octanol–water partition coefficient (Wildman–Crippen LogP) is 3.56. The molecule has 0 saturated carbocycles. The second-order valence-electron chi connectivity index (χ2n) is 4.22. The van der Waals surface area contributed by atoms with Crippen molar-refractivity contribution in [1.29, 1.82) is 0 Å². The van der Waals surface area contributed by atoms with Gasteiger partial charge in [-0.3, -0.25) is 4.72 Å². The molecule has 0 aliphatic carbocycles. The Morgan fingerprint density at radius 2 is 2.05 bits per heavy atom. The smallest absolute Gasteiger partial charge is 0.263 e. The Kier molecular flexibility index (Phi) is 5.37. The number of nitrogens with one attached hydrogen (secondary N) is 2. The first kappa shape index (κ1) is 16.4. The van der Waals surface area contributed by atoms with Crippen LogP contribution in [-0.4, -0.2) is 15.0 Å². The third-order valence-corrected chi connectivity index (χ3v) is 6.28. The van der Waals surface area contributed by atoms with E-state index in [9.17, 15) is 12.8 Å². The van der Waals surface area contributed by atoms with Crippen LogP contribution in [0.25, 0.3) is 0 Å². The largest absolute Gasteiger partial charge is 0.312 e. The molecule has 0 fully saturated rings. The number of halogens is 2. The Morgan fingerprint density at radius 3 is 2.71 bits per heavy atom. The van der Waals surface area contributed by atoms with E-state index in [0.717, 1.165) is 11.4 Å². The molecule has 21 heavy (non-hydrogen) atoms. The van der Waals surface area contributed by atoms with Crippen LogP contribution in [-0.2, 0) is 16.6 Å². The van der Waals surface area contributed by atoms with Crippen LogP contribution >= 0.6 is 27.3 Å². The van der Waals surface area contributed by atoms with Gasteiger partial charge in [-0.25, -0.2) is 12.8 Å². The van der Waals surface area contributed by atoms with Gasteiger partial charge in [-0.15, -0.1) is 11.3 Å². The minimum atomic E-state index is -3.82. The number of benzene rings is 1. The number of anilines is 1. The summed E-state index contributed by atoms with van der Waals surface area (Å²) in [6.45, 7) is 3.36. The van der Waals surface area contributed by atoms with Gasteiger partial charge in [0, 0.05) is 11.4 Å². The lowest BCUT2D eigenvalue weighted by atomic mass is 10.3. The van der Waals surface area contributed by atoms with Crippen molar-refractivity contribution < 1.29 is 12.8 Å². The third-order valence-electron chi connectivity index (χ3n) is 2.66. The molecule has 0 aliphatic heterocycles. The van der Waals surface area contributed by atoms with Gasteiger partial charge in [0.2, 0.25) is 0 Å². The van der Waals surface area contributed by atoms with E-state index >= 15 is 0 Å². The van der Waals surface area contributed by atoms with Crippen molar-refractivity contribution in [1.82, 2.24) is 5.32 Å². The molecule has 8 heteroatoms. The first-order valence-corrected chi connectivity index (χ1v) is 9.29. The normalized spacial score (nSPS) is 11.6.